The lowest BCUT2D eigenvalue weighted by molar-refractivity contribution is -0.142. The van der Waals surface area contributed by atoms with Gasteiger partial charge in [0.2, 0.25) is 0 Å². The Morgan fingerprint density at radius 3 is 2.26 bits per heavy atom. The molecule has 1 aliphatic rings. The summed E-state index contributed by atoms with van der Waals surface area (Å²) in [6, 6.07) is 13.5. The van der Waals surface area contributed by atoms with E-state index in [1.165, 1.54) is 35.3 Å². The molecule has 0 aliphatic carbocycles. The Hall–Kier alpha value is -2.14. The van der Waals surface area contributed by atoms with Crippen LogP contribution in [0.3, 0.4) is 0 Å². The van der Waals surface area contributed by atoms with Gasteiger partial charge in [0.15, 0.2) is 0 Å². The first-order valence-electron chi connectivity index (χ1n) is 13.3. The standard InChI is InChI=1S/C30H42O4S/c1-3-4-11-22(29(33)34)12-9-7-5-6-8-10-13-27-26-19-18-25(32)20-28(26)35-21-30(27,2)23-14-16-24(31)17-15-23/h14-20,22,27,31-32H,3-13,21H2,1-2H3,(H,33,34). The first-order chi connectivity index (χ1) is 16.8. The van der Waals surface area contributed by atoms with Crippen LogP contribution in [0.4, 0.5) is 0 Å². The fraction of sp³-hybridized carbons (Fsp3) is 0.567. The topological polar surface area (TPSA) is 77.8 Å². The maximum absolute atomic E-state index is 11.4. The molecule has 0 saturated heterocycles. The molecule has 5 heteroatoms. The number of carbonyl (C=O) groups is 1. The second-order valence-electron chi connectivity index (χ2n) is 10.4. The van der Waals surface area contributed by atoms with Crippen molar-refractivity contribution in [2.24, 2.45) is 5.92 Å². The third-order valence-electron chi connectivity index (χ3n) is 7.75. The van der Waals surface area contributed by atoms with Gasteiger partial charge in [0.1, 0.15) is 11.5 Å². The van der Waals surface area contributed by atoms with Gasteiger partial charge in [-0.2, -0.15) is 0 Å². The first kappa shape index (κ1) is 27.4. The molecule has 1 heterocycles. The number of carboxylic acids is 1. The van der Waals surface area contributed by atoms with E-state index in [4.69, 9.17) is 0 Å². The lowest BCUT2D eigenvalue weighted by atomic mass is 9.68. The number of carboxylic acid groups (broad SMARTS) is 1. The van der Waals surface area contributed by atoms with Gasteiger partial charge < -0.3 is 15.3 Å². The fourth-order valence-corrected chi connectivity index (χ4v) is 6.90. The van der Waals surface area contributed by atoms with Gasteiger partial charge in [-0.15, -0.1) is 11.8 Å². The highest BCUT2D eigenvalue weighted by atomic mass is 32.2. The maximum Gasteiger partial charge on any atom is 0.306 e. The normalized spacial score (nSPS) is 20.3. The minimum Gasteiger partial charge on any atom is -0.508 e. The van der Waals surface area contributed by atoms with Crippen LogP contribution in [0.5, 0.6) is 11.5 Å². The van der Waals surface area contributed by atoms with Crippen LogP contribution in [0.2, 0.25) is 0 Å². The van der Waals surface area contributed by atoms with Crippen LogP contribution in [-0.4, -0.2) is 27.0 Å². The Balaban J connectivity index is 1.53. The van der Waals surface area contributed by atoms with E-state index in [1.54, 1.807) is 18.2 Å². The molecule has 0 saturated carbocycles. The molecule has 2 aromatic carbocycles. The molecule has 2 aromatic rings. The van der Waals surface area contributed by atoms with Gasteiger partial charge in [0, 0.05) is 16.1 Å². The third kappa shape index (κ3) is 7.42. The van der Waals surface area contributed by atoms with E-state index in [0.29, 0.717) is 17.4 Å². The lowest BCUT2D eigenvalue weighted by Gasteiger charge is -2.43. The Labute approximate surface area is 215 Å². The number of phenolic OH excluding ortho intramolecular Hbond substituents is 2. The second kappa shape index (κ2) is 13.2. The van der Waals surface area contributed by atoms with Crippen LogP contribution in [0.25, 0.3) is 0 Å². The molecule has 0 amide bonds. The smallest absolute Gasteiger partial charge is 0.306 e. The van der Waals surface area contributed by atoms with E-state index in [-0.39, 0.29) is 11.3 Å². The van der Waals surface area contributed by atoms with Gasteiger partial charge in [0.05, 0.1) is 5.92 Å². The van der Waals surface area contributed by atoms with Crippen molar-refractivity contribution in [3.63, 3.8) is 0 Å². The summed E-state index contributed by atoms with van der Waals surface area (Å²) in [5, 5.41) is 29.2. The van der Waals surface area contributed by atoms with Crippen molar-refractivity contribution in [1.29, 1.82) is 0 Å². The predicted octanol–water partition coefficient (Wildman–Crippen LogP) is 8.26. The van der Waals surface area contributed by atoms with Gasteiger partial charge in [-0.1, -0.05) is 83.4 Å². The number of unbranched alkanes of at least 4 members (excludes halogenated alkanes) is 6. The summed E-state index contributed by atoms with van der Waals surface area (Å²) in [6.07, 6.45) is 11.6. The number of rotatable bonds is 14. The van der Waals surface area contributed by atoms with E-state index in [9.17, 15) is 20.1 Å². The van der Waals surface area contributed by atoms with Crippen molar-refractivity contribution in [1.82, 2.24) is 0 Å². The molecule has 0 spiro atoms. The average molecular weight is 499 g/mol. The number of fused-ring (bicyclic) bond motifs is 1. The highest BCUT2D eigenvalue weighted by Crippen LogP contribution is 2.52. The summed E-state index contributed by atoms with van der Waals surface area (Å²) in [5.74, 6) is 1.12. The molecule has 0 radical (unpaired) electrons. The summed E-state index contributed by atoms with van der Waals surface area (Å²) >= 11 is 1.81. The number of aliphatic carboxylic acids is 1. The van der Waals surface area contributed by atoms with Crippen molar-refractivity contribution in [2.75, 3.05) is 5.75 Å². The predicted molar refractivity (Wildman–Crippen MR) is 145 cm³/mol. The number of hydrogen-bond donors (Lipinski definition) is 3. The fourth-order valence-electron chi connectivity index (χ4n) is 5.50. The van der Waals surface area contributed by atoms with Crippen molar-refractivity contribution >= 4 is 17.7 Å². The van der Waals surface area contributed by atoms with Crippen LogP contribution in [0.15, 0.2) is 47.4 Å². The highest BCUT2D eigenvalue weighted by molar-refractivity contribution is 7.99. The molecule has 0 fully saturated rings. The number of thioether (sulfide) groups is 1. The molecule has 0 bridgehead atoms. The largest absolute Gasteiger partial charge is 0.508 e. The van der Waals surface area contributed by atoms with Crippen LogP contribution in [0, 0.1) is 5.92 Å². The zero-order chi connectivity index (χ0) is 25.3. The van der Waals surface area contributed by atoms with E-state index in [0.717, 1.165) is 57.1 Å². The van der Waals surface area contributed by atoms with Gasteiger partial charge in [0.25, 0.3) is 0 Å². The molecular weight excluding hydrogens is 456 g/mol. The monoisotopic (exact) mass is 498 g/mol. The summed E-state index contributed by atoms with van der Waals surface area (Å²) < 4.78 is 0. The SMILES string of the molecule is CCCCC(CCCCCCCCC1c2ccc(O)cc2SCC1(C)c1ccc(O)cc1)C(=O)O. The zero-order valence-corrected chi connectivity index (χ0v) is 22.2. The Kier molecular flexibility index (Phi) is 10.4. The number of hydrogen-bond acceptors (Lipinski definition) is 4. The van der Waals surface area contributed by atoms with Crippen LogP contribution in [-0.2, 0) is 10.2 Å². The average Bonchev–Trinajstić information content (AvgIpc) is 2.84. The first-order valence-corrected chi connectivity index (χ1v) is 14.3. The van der Waals surface area contributed by atoms with Gasteiger partial charge in [-0.3, -0.25) is 4.79 Å². The minimum absolute atomic E-state index is 0.0350. The molecule has 3 unspecified atom stereocenters. The van der Waals surface area contributed by atoms with Gasteiger partial charge in [-0.25, -0.2) is 0 Å². The number of phenols is 2. The van der Waals surface area contributed by atoms with E-state index in [2.05, 4.69) is 32.0 Å². The Morgan fingerprint density at radius 1 is 0.943 bits per heavy atom. The van der Waals surface area contributed by atoms with E-state index >= 15 is 0 Å². The Bertz CT molecular complexity index is 942. The molecule has 3 N–H and O–H groups in total. The van der Waals surface area contributed by atoms with Crippen molar-refractivity contribution in [3.8, 4) is 11.5 Å². The van der Waals surface area contributed by atoms with Crippen molar-refractivity contribution in [2.45, 2.75) is 101 Å². The Morgan fingerprint density at radius 2 is 1.57 bits per heavy atom. The molecule has 0 aromatic heterocycles. The quantitative estimate of drug-likeness (QED) is 0.229. The zero-order valence-electron chi connectivity index (χ0n) is 21.3. The number of aromatic hydroxyl groups is 2. The minimum atomic E-state index is -0.630. The van der Waals surface area contributed by atoms with Gasteiger partial charge in [-0.05, 0) is 60.6 Å². The summed E-state index contributed by atoms with van der Waals surface area (Å²) in [6.45, 7) is 4.45. The molecule has 3 rings (SSSR count). The molecule has 1 aliphatic heterocycles. The number of benzene rings is 2. The molecule has 4 nitrogen and oxygen atoms in total. The molecule has 3 atom stereocenters. The second-order valence-corrected chi connectivity index (χ2v) is 11.4. The van der Waals surface area contributed by atoms with Crippen LogP contribution in [0.1, 0.15) is 102 Å². The highest BCUT2D eigenvalue weighted by Gasteiger charge is 2.41. The maximum atomic E-state index is 11.4. The van der Waals surface area contributed by atoms with Crippen LogP contribution >= 0.6 is 11.8 Å². The van der Waals surface area contributed by atoms with Crippen LogP contribution < -0.4 is 0 Å². The molecular formula is C30H42O4S. The lowest BCUT2D eigenvalue weighted by Crippen LogP contribution is -2.36. The molecule has 35 heavy (non-hydrogen) atoms. The molecule has 192 valence electrons. The summed E-state index contributed by atoms with van der Waals surface area (Å²) in [7, 11) is 0. The van der Waals surface area contributed by atoms with Crippen molar-refractivity contribution < 1.29 is 20.1 Å². The summed E-state index contributed by atoms with van der Waals surface area (Å²) in [4.78, 5) is 12.6. The van der Waals surface area contributed by atoms with Gasteiger partial charge >= 0.3 is 5.97 Å². The van der Waals surface area contributed by atoms with Crippen molar-refractivity contribution in [3.05, 3.63) is 53.6 Å². The van der Waals surface area contributed by atoms with E-state index in [1.807, 2.05) is 17.8 Å². The van der Waals surface area contributed by atoms with E-state index < -0.39 is 5.97 Å². The third-order valence-corrected chi connectivity index (χ3v) is 9.16. The summed E-state index contributed by atoms with van der Waals surface area (Å²) in [5.41, 5.74) is 2.54.